The highest BCUT2D eigenvalue weighted by Gasteiger charge is 2.20. The molecule has 28 heavy (non-hydrogen) atoms. The molecule has 0 bridgehead atoms. The van der Waals surface area contributed by atoms with E-state index in [1.54, 1.807) is 41.8 Å². The first-order valence-corrected chi connectivity index (χ1v) is 11.7. The second-order valence-corrected chi connectivity index (χ2v) is 9.82. The molecule has 1 aromatic heterocycles. The highest BCUT2D eigenvalue weighted by atomic mass is 32.2. The largest absolute Gasteiger partial charge is 0.326 e. The number of carbonyl (C=O) groups excluding carboxylic acids is 1. The molecule has 2 aromatic carbocycles. The SMILES string of the molecule is O=C(CCS(=O)(=O)c1ccc2c(c1)CCC2)Nc1ccc(-c2nccs2)cc1. The van der Waals surface area contributed by atoms with Gasteiger partial charge in [0.25, 0.3) is 0 Å². The molecule has 1 heterocycles. The van der Waals surface area contributed by atoms with Crippen molar-refractivity contribution >= 4 is 32.8 Å². The molecule has 144 valence electrons. The summed E-state index contributed by atoms with van der Waals surface area (Å²) in [6, 6.07) is 12.7. The van der Waals surface area contributed by atoms with Crippen molar-refractivity contribution in [2.75, 3.05) is 11.1 Å². The van der Waals surface area contributed by atoms with Crippen molar-refractivity contribution in [1.29, 1.82) is 0 Å². The van der Waals surface area contributed by atoms with Gasteiger partial charge in [-0.3, -0.25) is 4.79 Å². The smallest absolute Gasteiger partial charge is 0.225 e. The van der Waals surface area contributed by atoms with E-state index in [2.05, 4.69) is 10.3 Å². The molecule has 0 saturated heterocycles. The molecule has 1 amide bonds. The summed E-state index contributed by atoms with van der Waals surface area (Å²) in [5.41, 5.74) is 3.97. The van der Waals surface area contributed by atoms with Crippen LogP contribution in [0.3, 0.4) is 0 Å². The lowest BCUT2D eigenvalue weighted by molar-refractivity contribution is -0.115. The van der Waals surface area contributed by atoms with Crippen molar-refractivity contribution in [3.05, 3.63) is 65.2 Å². The zero-order chi connectivity index (χ0) is 19.6. The summed E-state index contributed by atoms with van der Waals surface area (Å²) in [7, 11) is -3.47. The highest BCUT2D eigenvalue weighted by Crippen LogP contribution is 2.26. The lowest BCUT2D eigenvalue weighted by Crippen LogP contribution is -2.17. The summed E-state index contributed by atoms with van der Waals surface area (Å²) in [5, 5.41) is 5.58. The molecule has 4 rings (SSSR count). The van der Waals surface area contributed by atoms with Gasteiger partial charge in [0.05, 0.1) is 10.6 Å². The lowest BCUT2D eigenvalue weighted by atomic mass is 10.1. The molecule has 0 spiro atoms. The van der Waals surface area contributed by atoms with Crippen LogP contribution in [0.1, 0.15) is 24.0 Å². The minimum absolute atomic E-state index is 0.0757. The van der Waals surface area contributed by atoms with Gasteiger partial charge in [0.15, 0.2) is 9.84 Å². The third kappa shape index (κ3) is 4.15. The van der Waals surface area contributed by atoms with Crippen molar-refractivity contribution in [2.24, 2.45) is 0 Å². The van der Waals surface area contributed by atoms with E-state index in [1.165, 1.54) is 5.56 Å². The van der Waals surface area contributed by atoms with Crippen molar-refractivity contribution in [3.8, 4) is 10.6 Å². The van der Waals surface area contributed by atoms with E-state index in [9.17, 15) is 13.2 Å². The monoisotopic (exact) mass is 412 g/mol. The Morgan fingerprint density at radius 2 is 1.86 bits per heavy atom. The number of anilines is 1. The Hall–Kier alpha value is -2.51. The minimum atomic E-state index is -3.47. The normalized spacial score (nSPS) is 13.3. The van der Waals surface area contributed by atoms with E-state index in [-0.39, 0.29) is 18.1 Å². The summed E-state index contributed by atoms with van der Waals surface area (Å²) in [6.45, 7) is 0. The summed E-state index contributed by atoms with van der Waals surface area (Å²) in [5.74, 6) is -0.513. The topological polar surface area (TPSA) is 76.1 Å². The minimum Gasteiger partial charge on any atom is -0.326 e. The van der Waals surface area contributed by atoms with Gasteiger partial charge in [-0.15, -0.1) is 11.3 Å². The van der Waals surface area contributed by atoms with Crippen molar-refractivity contribution in [3.63, 3.8) is 0 Å². The molecule has 3 aromatic rings. The quantitative estimate of drug-likeness (QED) is 0.661. The number of hydrogen-bond acceptors (Lipinski definition) is 5. The third-order valence-electron chi connectivity index (χ3n) is 4.87. The number of aromatic nitrogens is 1. The molecule has 0 saturated carbocycles. The lowest BCUT2D eigenvalue weighted by Gasteiger charge is -2.08. The fourth-order valence-corrected chi connectivity index (χ4v) is 5.30. The Kier molecular flexibility index (Phi) is 5.28. The van der Waals surface area contributed by atoms with Crippen LogP contribution in [0.2, 0.25) is 0 Å². The highest BCUT2D eigenvalue weighted by molar-refractivity contribution is 7.91. The molecule has 0 fully saturated rings. The maximum atomic E-state index is 12.6. The Bertz CT molecular complexity index is 1090. The van der Waals surface area contributed by atoms with Gasteiger partial charge in [0.2, 0.25) is 5.91 Å². The van der Waals surface area contributed by atoms with Crippen LogP contribution < -0.4 is 5.32 Å². The van der Waals surface area contributed by atoms with Gasteiger partial charge in [0.1, 0.15) is 5.01 Å². The Labute approximate surface area is 168 Å². The summed E-state index contributed by atoms with van der Waals surface area (Å²) in [4.78, 5) is 16.8. The molecule has 7 heteroatoms. The maximum Gasteiger partial charge on any atom is 0.225 e. The van der Waals surface area contributed by atoms with Crippen LogP contribution in [-0.2, 0) is 27.5 Å². The van der Waals surface area contributed by atoms with Crippen molar-refractivity contribution in [2.45, 2.75) is 30.6 Å². The van der Waals surface area contributed by atoms with Crippen LogP contribution in [0, 0.1) is 0 Å². The summed E-state index contributed by atoms with van der Waals surface area (Å²) in [6.07, 6.45) is 4.68. The predicted octanol–water partition coefficient (Wildman–Crippen LogP) is 4.10. The maximum absolute atomic E-state index is 12.6. The zero-order valence-electron chi connectivity index (χ0n) is 15.2. The van der Waals surface area contributed by atoms with Crippen LogP contribution in [0.5, 0.6) is 0 Å². The fraction of sp³-hybridized carbons (Fsp3) is 0.238. The van der Waals surface area contributed by atoms with Crippen LogP contribution in [-0.4, -0.2) is 25.1 Å². The van der Waals surface area contributed by atoms with Gasteiger partial charge < -0.3 is 5.32 Å². The number of benzene rings is 2. The number of hydrogen-bond donors (Lipinski definition) is 1. The van der Waals surface area contributed by atoms with E-state index >= 15 is 0 Å². The van der Waals surface area contributed by atoms with E-state index in [1.807, 2.05) is 23.6 Å². The van der Waals surface area contributed by atoms with Crippen LogP contribution in [0.25, 0.3) is 10.6 Å². The standard InChI is InChI=1S/C21H20N2O3S2/c24-20(23-18-7-4-16(5-8-18)21-22-11-12-27-21)10-13-28(25,26)19-9-6-15-2-1-3-17(15)14-19/h4-9,11-12,14H,1-3,10,13H2,(H,23,24). The second kappa shape index (κ2) is 7.85. The van der Waals surface area contributed by atoms with E-state index in [0.29, 0.717) is 10.6 Å². The number of rotatable bonds is 6. The molecule has 1 aliphatic rings. The molecule has 1 N–H and O–H groups in total. The van der Waals surface area contributed by atoms with Crippen molar-refractivity contribution in [1.82, 2.24) is 4.98 Å². The van der Waals surface area contributed by atoms with Crippen molar-refractivity contribution < 1.29 is 13.2 Å². The number of fused-ring (bicyclic) bond motifs is 1. The number of nitrogens with zero attached hydrogens (tertiary/aromatic N) is 1. The van der Waals surface area contributed by atoms with Crippen LogP contribution in [0.4, 0.5) is 5.69 Å². The number of carbonyl (C=O) groups is 1. The Morgan fingerprint density at radius 1 is 1.07 bits per heavy atom. The molecule has 0 atom stereocenters. The number of sulfone groups is 1. The summed E-state index contributed by atoms with van der Waals surface area (Å²) >= 11 is 1.55. The number of nitrogens with one attached hydrogen (secondary N) is 1. The van der Waals surface area contributed by atoms with Gasteiger partial charge >= 0.3 is 0 Å². The molecule has 0 aliphatic heterocycles. The Balaban J connectivity index is 1.36. The van der Waals surface area contributed by atoms with Gasteiger partial charge in [-0.1, -0.05) is 6.07 Å². The first kappa shape index (κ1) is 18.8. The zero-order valence-corrected chi connectivity index (χ0v) is 16.9. The third-order valence-corrected chi connectivity index (χ3v) is 7.41. The Morgan fingerprint density at radius 3 is 2.61 bits per heavy atom. The molecular weight excluding hydrogens is 392 g/mol. The van der Waals surface area contributed by atoms with Gasteiger partial charge in [0, 0.05) is 29.2 Å². The molecule has 5 nitrogen and oxygen atoms in total. The molecule has 1 aliphatic carbocycles. The van der Waals surface area contributed by atoms with Crippen LogP contribution in [0.15, 0.2) is 58.9 Å². The molecule has 0 radical (unpaired) electrons. The van der Waals surface area contributed by atoms with E-state index in [0.717, 1.165) is 35.4 Å². The predicted molar refractivity (Wildman–Crippen MR) is 111 cm³/mol. The second-order valence-electron chi connectivity index (χ2n) is 6.82. The van der Waals surface area contributed by atoms with E-state index in [4.69, 9.17) is 0 Å². The molecule has 0 unspecified atom stereocenters. The number of thiazole rings is 1. The first-order chi connectivity index (χ1) is 13.5. The fourth-order valence-electron chi connectivity index (χ4n) is 3.37. The van der Waals surface area contributed by atoms with Crippen LogP contribution >= 0.6 is 11.3 Å². The summed E-state index contributed by atoms with van der Waals surface area (Å²) < 4.78 is 25.2. The van der Waals surface area contributed by atoms with Gasteiger partial charge in [-0.25, -0.2) is 13.4 Å². The van der Waals surface area contributed by atoms with Gasteiger partial charge in [-0.05, 0) is 66.8 Å². The van der Waals surface area contributed by atoms with Gasteiger partial charge in [-0.2, -0.15) is 0 Å². The average molecular weight is 413 g/mol. The first-order valence-electron chi connectivity index (χ1n) is 9.16. The molecular formula is C21H20N2O3S2. The number of amides is 1. The number of aryl methyl sites for hydroxylation is 2. The average Bonchev–Trinajstić information content (AvgIpc) is 3.38. The van der Waals surface area contributed by atoms with E-state index < -0.39 is 9.84 Å².